The molecule has 0 aliphatic rings. The van der Waals surface area contributed by atoms with E-state index in [9.17, 15) is 9.90 Å². The molecule has 3 heteroatoms. The first-order chi connectivity index (χ1) is 13.0. The van der Waals surface area contributed by atoms with Gasteiger partial charge < -0.3 is 9.84 Å². The number of benzene rings is 2. The number of hydrogen-bond acceptors (Lipinski definition) is 3. The molecule has 0 saturated heterocycles. The summed E-state index contributed by atoms with van der Waals surface area (Å²) < 4.78 is 5.64. The van der Waals surface area contributed by atoms with E-state index in [0.29, 0.717) is 29.6 Å². The zero-order chi connectivity index (χ0) is 19.6. The van der Waals surface area contributed by atoms with Gasteiger partial charge in [-0.1, -0.05) is 57.2 Å². The lowest BCUT2D eigenvalue weighted by molar-refractivity contribution is 0.0781. The van der Waals surface area contributed by atoms with E-state index in [1.807, 2.05) is 0 Å². The predicted octanol–water partition coefficient (Wildman–Crippen LogP) is 5.10. The van der Waals surface area contributed by atoms with Gasteiger partial charge in [-0.25, -0.2) is 0 Å². The van der Waals surface area contributed by atoms with Crippen LogP contribution in [0.4, 0.5) is 0 Å². The third kappa shape index (κ3) is 6.84. The van der Waals surface area contributed by atoms with Crippen LogP contribution < -0.4 is 4.74 Å². The number of aliphatic hydroxyl groups excluding tert-OH is 1. The molecule has 2 aromatic rings. The molecule has 0 heterocycles. The third-order valence-corrected chi connectivity index (χ3v) is 5.42. The number of rotatable bonds is 11. The van der Waals surface area contributed by atoms with Crippen LogP contribution in [0.2, 0.25) is 0 Å². The monoisotopic (exact) mass is 368 g/mol. The minimum Gasteiger partial charge on any atom is -0.491 e. The van der Waals surface area contributed by atoms with Crippen LogP contribution in [-0.4, -0.2) is 24.1 Å². The second kappa shape index (κ2) is 10.9. The van der Waals surface area contributed by atoms with Crippen LogP contribution in [0.25, 0.3) is 0 Å². The van der Waals surface area contributed by atoms with E-state index in [-0.39, 0.29) is 6.61 Å². The molecule has 0 bridgehead atoms. The van der Waals surface area contributed by atoms with E-state index in [4.69, 9.17) is 4.74 Å². The van der Waals surface area contributed by atoms with Crippen molar-refractivity contribution < 1.29 is 14.6 Å². The van der Waals surface area contributed by atoms with Gasteiger partial charge in [0.25, 0.3) is 0 Å². The lowest BCUT2D eigenvalue weighted by Gasteiger charge is -2.23. The summed E-state index contributed by atoms with van der Waals surface area (Å²) in [5.41, 5.74) is 3.46. The van der Waals surface area contributed by atoms with Gasteiger partial charge in [-0.05, 0) is 60.8 Å². The summed E-state index contributed by atoms with van der Waals surface area (Å²) >= 11 is 0. The maximum atomic E-state index is 10.8. The molecule has 3 unspecified atom stereocenters. The van der Waals surface area contributed by atoms with Crippen LogP contribution >= 0.6 is 0 Å². The maximum Gasteiger partial charge on any atom is 0.150 e. The average Bonchev–Trinajstić information content (AvgIpc) is 2.70. The van der Waals surface area contributed by atoms with Crippen LogP contribution in [-0.2, 0) is 12.8 Å². The van der Waals surface area contributed by atoms with Gasteiger partial charge >= 0.3 is 0 Å². The van der Waals surface area contributed by atoms with Gasteiger partial charge in [0, 0.05) is 5.56 Å². The molecule has 1 N–H and O–H groups in total. The molecule has 0 fully saturated rings. The van der Waals surface area contributed by atoms with Crippen molar-refractivity contribution in [2.75, 3.05) is 6.61 Å². The first-order valence-corrected chi connectivity index (χ1v) is 9.96. The molecule has 3 nitrogen and oxygen atoms in total. The average molecular weight is 369 g/mol. The number of aliphatic hydroxyl groups is 1. The molecule has 2 aromatic carbocycles. The number of hydrogen-bond donors (Lipinski definition) is 1. The molecular formula is C24H32O3. The van der Waals surface area contributed by atoms with Gasteiger partial charge in [-0.3, -0.25) is 4.79 Å². The van der Waals surface area contributed by atoms with Crippen molar-refractivity contribution in [3.8, 4) is 5.75 Å². The normalized spacial score (nSPS) is 14.4. The zero-order valence-electron chi connectivity index (χ0n) is 16.7. The van der Waals surface area contributed by atoms with Crippen LogP contribution in [0, 0.1) is 11.8 Å². The highest BCUT2D eigenvalue weighted by atomic mass is 16.5. The number of carbonyl (C=O) groups excluding carboxylic acids is 1. The van der Waals surface area contributed by atoms with Crippen LogP contribution in [0.1, 0.15) is 55.1 Å². The Kier molecular flexibility index (Phi) is 8.53. The highest BCUT2D eigenvalue weighted by Crippen LogP contribution is 2.24. The van der Waals surface area contributed by atoms with Gasteiger partial charge in [-0.2, -0.15) is 0 Å². The first kappa shape index (κ1) is 21.2. The molecule has 27 heavy (non-hydrogen) atoms. The molecule has 146 valence electrons. The molecule has 0 aliphatic carbocycles. The summed E-state index contributed by atoms with van der Waals surface area (Å²) in [6.45, 7) is 6.91. The van der Waals surface area contributed by atoms with E-state index in [0.717, 1.165) is 25.5 Å². The van der Waals surface area contributed by atoms with Gasteiger partial charge in [0.05, 0.1) is 6.10 Å². The Hall–Kier alpha value is -2.13. The number of ether oxygens (including phenoxy) is 1. The number of aldehydes is 1. The number of aryl methyl sites for hydroxylation is 2. The molecule has 0 aliphatic heterocycles. The van der Waals surface area contributed by atoms with Gasteiger partial charge in [-0.15, -0.1) is 0 Å². The van der Waals surface area contributed by atoms with Gasteiger partial charge in [0.1, 0.15) is 18.6 Å². The molecule has 0 aromatic heterocycles. The van der Waals surface area contributed by atoms with Crippen molar-refractivity contribution in [2.24, 2.45) is 11.8 Å². The summed E-state index contributed by atoms with van der Waals surface area (Å²) in [5.74, 6) is 1.57. The molecule has 0 saturated carbocycles. The SMILES string of the molecule is CCc1ccccc1CCC(C)C(C)CC(O)COc1cccc(C=O)c1. The van der Waals surface area contributed by atoms with E-state index in [1.165, 1.54) is 11.1 Å². The lowest BCUT2D eigenvalue weighted by atomic mass is 9.85. The fraction of sp³-hybridized carbons (Fsp3) is 0.458. The molecule has 0 spiro atoms. The molecule has 3 atom stereocenters. The summed E-state index contributed by atoms with van der Waals surface area (Å²) in [7, 11) is 0. The van der Waals surface area contributed by atoms with E-state index >= 15 is 0 Å². The fourth-order valence-electron chi connectivity index (χ4n) is 3.41. The molecule has 2 rings (SSSR count). The van der Waals surface area contributed by atoms with Gasteiger partial charge in [0.2, 0.25) is 0 Å². The maximum absolute atomic E-state index is 10.8. The standard InChI is InChI=1S/C24H32O3/c1-4-21-9-5-6-10-22(21)13-12-18(2)19(3)14-23(26)17-27-24-11-7-8-20(15-24)16-25/h5-11,15-16,18-19,23,26H,4,12-14,17H2,1-3H3. The second-order valence-corrected chi connectivity index (χ2v) is 7.51. The first-order valence-electron chi connectivity index (χ1n) is 9.96. The molecule has 0 radical (unpaired) electrons. The van der Waals surface area contributed by atoms with Crippen LogP contribution in [0.15, 0.2) is 48.5 Å². The van der Waals surface area contributed by atoms with Crippen molar-refractivity contribution in [1.29, 1.82) is 0 Å². The Morgan fingerprint density at radius 2 is 1.78 bits per heavy atom. The van der Waals surface area contributed by atoms with Crippen molar-refractivity contribution in [3.63, 3.8) is 0 Å². The summed E-state index contributed by atoms with van der Waals surface area (Å²) in [5, 5.41) is 10.3. The lowest BCUT2D eigenvalue weighted by Crippen LogP contribution is -2.23. The Balaban J connectivity index is 1.77. The van der Waals surface area contributed by atoms with E-state index < -0.39 is 6.10 Å². The van der Waals surface area contributed by atoms with E-state index in [2.05, 4.69) is 45.0 Å². The smallest absolute Gasteiger partial charge is 0.150 e. The Morgan fingerprint density at radius 1 is 1.04 bits per heavy atom. The van der Waals surface area contributed by atoms with Crippen LogP contribution in [0.5, 0.6) is 5.75 Å². The predicted molar refractivity (Wildman–Crippen MR) is 110 cm³/mol. The van der Waals surface area contributed by atoms with Crippen molar-refractivity contribution in [3.05, 3.63) is 65.2 Å². The van der Waals surface area contributed by atoms with Crippen LogP contribution in [0.3, 0.4) is 0 Å². The van der Waals surface area contributed by atoms with Crippen molar-refractivity contribution in [2.45, 2.75) is 52.6 Å². The third-order valence-electron chi connectivity index (χ3n) is 5.42. The minimum atomic E-state index is -0.509. The minimum absolute atomic E-state index is 0.248. The zero-order valence-corrected chi connectivity index (χ0v) is 16.7. The topological polar surface area (TPSA) is 46.5 Å². The summed E-state index contributed by atoms with van der Waals surface area (Å²) in [6.07, 6.45) is 4.27. The Bertz CT molecular complexity index is 710. The largest absolute Gasteiger partial charge is 0.491 e. The second-order valence-electron chi connectivity index (χ2n) is 7.51. The molecule has 0 amide bonds. The van der Waals surface area contributed by atoms with E-state index in [1.54, 1.807) is 24.3 Å². The van der Waals surface area contributed by atoms with Crippen molar-refractivity contribution in [1.82, 2.24) is 0 Å². The van der Waals surface area contributed by atoms with Crippen molar-refractivity contribution >= 4 is 6.29 Å². The highest BCUT2D eigenvalue weighted by Gasteiger charge is 2.17. The Labute approximate surface area is 163 Å². The molecular weight excluding hydrogens is 336 g/mol. The summed E-state index contributed by atoms with van der Waals surface area (Å²) in [4.78, 5) is 10.8. The summed E-state index contributed by atoms with van der Waals surface area (Å²) in [6, 6.07) is 15.7. The number of carbonyl (C=O) groups is 1. The Morgan fingerprint density at radius 3 is 2.48 bits per heavy atom. The highest BCUT2D eigenvalue weighted by molar-refractivity contribution is 5.75. The fourth-order valence-corrected chi connectivity index (χ4v) is 3.41. The quantitative estimate of drug-likeness (QED) is 0.562. The van der Waals surface area contributed by atoms with Gasteiger partial charge in [0.15, 0.2) is 0 Å².